The van der Waals surface area contributed by atoms with E-state index in [1.807, 2.05) is 56.4 Å². The van der Waals surface area contributed by atoms with Gasteiger partial charge in [-0.2, -0.15) is 0 Å². The maximum atomic E-state index is 14.0. The highest BCUT2D eigenvalue weighted by Crippen LogP contribution is 2.45. The minimum atomic E-state index is -0.534. The molecule has 230 valence electrons. The third kappa shape index (κ3) is 5.03. The normalized spacial score (nSPS) is 16.8. The molecule has 2 fully saturated rings. The number of carbonyl (C=O) groups excluding carboxylic acids is 1. The van der Waals surface area contributed by atoms with Crippen LogP contribution in [-0.4, -0.2) is 30.1 Å². The van der Waals surface area contributed by atoms with Gasteiger partial charge in [0.2, 0.25) is 0 Å². The van der Waals surface area contributed by atoms with Crippen LogP contribution in [0.2, 0.25) is 5.15 Å². The SMILES string of the molecule is C=C(O)/C(C)=C/c1ccc2nc(C3(NC(=O)c4ccc5c(C6CCCC6)c(-c6ccnc(Cl)c6)n(C)c5c4)CCC3)n(C)c2c1. The van der Waals surface area contributed by atoms with Gasteiger partial charge in [-0.05, 0) is 104 Å². The molecule has 1 amide bonds. The molecule has 0 spiro atoms. The van der Waals surface area contributed by atoms with E-state index in [4.69, 9.17) is 16.6 Å². The van der Waals surface area contributed by atoms with Crippen molar-refractivity contribution in [3.05, 3.63) is 100 Å². The number of nitrogens with one attached hydrogen (secondary N) is 1. The molecule has 5 aromatic rings. The predicted molar refractivity (Wildman–Crippen MR) is 181 cm³/mol. The van der Waals surface area contributed by atoms with Crippen LogP contribution in [-0.2, 0) is 19.6 Å². The van der Waals surface area contributed by atoms with Crippen LogP contribution < -0.4 is 5.32 Å². The number of carbonyl (C=O) groups is 1. The maximum Gasteiger partial charge on any atom is 0.252 e. The van der Waals surface area contributed by atoms with Gasteiger partial charge in [-0.15, -0.1) is 0 Å². The number of halogens is 1. The Labute approximate surface area is 268 Å². The second-order valence-electron chi connectivity index (χ2n) is 12.8. The van der Waals surface area contributed by atoms with E-state index in [1.54, 1.807) is 6.20 Å². The van der Waals surface area contributed by atoms with Crippen molar-refractivity contribution in [3.63, 3.8) is 0 Å². The highest BCUT2D eigenvalue weighted by Gasteiger charge is 2.44. The summed E-state index contributed by atoms with van der Waals surface area (Å²) in [7, 11) is 4.09. The molecule has 0 bridgehead atoms. The summed E-state index contributed by atoms with van der Waals surface area (Å²) in [6, 6.07) is 16.1. The fourth-order valence-electron chi connectivity index (χ4n) is 7.42. The fourth-order valence-corrected chi connectivity index (χ4v) is 7.59. The lowest BCUT2D eigenvalue weighted by atomic mass is 9.75. The predicted octanol–water partition coefficient (Wildman–Crippen LogP) is 8.72. The number of nitrogens with zero attached hydrogens (tertiary/aromatic N) is 4. The van der Waals surface area contributed by atoms with Crippen molar-refractivity contribution in [3.8, 4) is 11.3 Å². The molecule has 2 aromatic carbocycles. The number of benzene rings is 2. The molecular formula is C37H38ClN5O2. The lowest BCUT2D eigenvalue weighted by Crippen LogP contribution is -2.52. The van der Waals surface area contributed by atoms with Crippen molar-refractivity contribution in [2.75, 3.05) is 0 Å². The van der Waals surface area contributed by atoms with Gasteiger partial charge in [-0.25, -0.2) is 9.97 Å². The minimum absolute atomic E-state index is 0.0539. The first-order chi connectivity index (χ1) is 21.6. The first-order valence-corrected chi connectivity index (χ1v) is 16.1. The number of hydrogen-bond donors (Lipinski definition) is 2. The van der Waals surface area contributed by atoms with Gasteiger partial charge in [-0.1, -0.05) is 43.2 Å². The molecule has 3 aromatic heterocycles. The number of rotatable bonds is 7. The van der Waals surface area contributed by atoms with Crippen molar-refractivity contribution in [1.82, 2.24) is 24.4 Å². The summed E-state index contributed by atoms with van der Waals surface area (Å²) < 4.78 is 4.31. The highest BCUT2D eigenvalue weighted by molar-refractivity contribution is 6.29. The molecule has 2 aliphatic rings. The maximum absolute atomic E-state index is 14.0. The average Bonchev–Trinajstić information content (AvgIpc) is 3.72. The van der Waals surface area contributed by atoms with Crippen molar-refractivity contribution >= 4 is 45.5 Å². The summed E-state index contributed by atoms with van der Waals surface area (Å²) >= 11 is 6.34. The monoisotopic (exact) mass is 619 g/mol. The topological polar surface area (TPSA) is 85.0 Å². The van der Waals surface area contributed by atoms with E-state index < -0.39 is 5.54 Å². The summed E-state index contributed by atoms with van der Waals surface area (Å²) in [6.07, 6.45) is 11.2. The standard InChI is InChI=1S/C37H38ClN5O2/c1-22(23(2)44)18-24-10-13-29-31(19-24)43(4)36(40-29)37(15-7-16-37)41-35(45)27-11-12-28-30(20-27)42(3)34(26-14-17-39-32(38)21-26)33(28)25-8-5-6-9-25/h10-14,17-21,25,44H,2,5-9,15-16H2,1,3-4H3,(H,41,45)/b22-18+. The zero-order valence-corrected chi connectivity index (χ0v) is 26.8. The summed E-state index contributed by atoms with van der Waals surface area (Å²) in [4.78, 5) is 23.2. The molecule has 0 saturated heterocycles. The number of hydrogen-bond acceptors (Lipinski definition) is 4. The van der Waals surface area contributed by atoms with Crippen LogP contribution in [0.5, 0.6) is 0 Å². The fraction of sp³-hybridized carbons (Fsp3) is 0.324. The summed E-state index contributed by atoms with van der Waals surface area (Å²) in [5.74, 6) is 1.30. The third-order valence-electron chi connectivity index (χ3n) is 10.00. The Balaban J connectivity index is 1.25. The van der Waals surface area contributed by atoms with Crippen molar-refractivity contribution < 1.29 is 9.90 Å². The number of imidazole rings is 1. The lowest BCUT2D eigenvalue weighted by Gasteiger charge is -2.41. The van der Waals surface area contributed by atoms with Crippen LogP contribution in [0.15, 0.2) is 72.6 Å². The number of aromatic nitrogens is 4. The zero-order chi connectivity index (χ0) is 31.5. The molecule has 7 rings (SSSR count). The molecular weight excluding hydrogens is 582 g/mol. The van der Waals surface area contributed by atoms with E-state index in [-0.39, 0.29) is 11.7 Å². The number of aliphatic hydroxyl groups excluding tert-OH is 1. The Hall–Kier alpha value is -4.36. The van der Waals surface area contributed by atoms with E-state index in [2.05, 4.69) is 45.2 Å². The van der Waals surface area contributed by atoms with Crippen LogP contribution in [0.4, 0.5) is 0 Å². The Morgan fingerprint density at radius 3 is 2.51 bits per heavy atom. The molecule has 3 heterocycles. The van der Waals surface area contributed by atoms with Gasteiger partial charge in [0.25, 0.3) is 5.91 Å². The number of amides is 1. The lowest BCUT2D eigenvalue weighted by molar-refractivity contribution is 0.0805. The quantitative estimate of drug-likeness (QED) is 0.108. The van der Waals surface area contributed by atoms with Gasteiger partial charge in [0, 0.05) is 42.3 Å². The zero-order valence-electron chi connectivity index (χ0n) is 26.0. The summed E-state index contributed by atoms with van der Waals surface area (Å²) in [6.45, 7) is 5.45. The van der Waals surface area contributed by atoms with Crippen LogP contribution in [0.1, 0.15) is 85.1 Å². The molecule has 7 nitrogen and oxygen atoms in total. The Kier molecular flexibility index (Phi) is 7.32. The van der Waals surface area contributed by atoms with Gasteiger partial charge in [-0.3, -0.25) is 4.79 Å². The largest absolute Gasteiger partial charge is 0.508 e. The molecule has 45 heavy (non-hydrogen) atoms. The second-order valence-corrected chi connectivity index (χ2v) is 13.2. The van der Waals surface area contributed by atoms with E-state index >= 15 is 0 Å². The Bertz CT molecular complexity index is 2020. The molecule has 8 heteroatoms. The van der Waals surface area contributed by atoms with Crippen molar-refractivity contribution in [1.29, 1.82) is 0 Å². The Morgan fingerprint density at radius 2 is 1.82 bits per heavy atom. The van der Waals surface area contributed by atoms with Crippen LogP contribution >= 0.6 is 11.6 Å². The third-order valence-corrected chi connectivity index (χ3v) is 10.2. The number of aryl methyl sites for hydroxylation is 2. The molecule has 2 aliphatic carbocycles. The highest BCUT2D eigenvalue weighted by atomic mass is 35.5. The molecule has 0 unspecified atom stereocenters. The van der Waals surface area contributed by atoms with E-state index in [9.17, 15) is 9.90 Å². The minimum Gasteiger partial charge on any atom is -0.508 e. The summed E-state index contributed by atoms with van der Waals surface area (Å²) in [5, 5.41) is 14.8. The Morgan fingerprint density at radius 1 is 1.04 bits per heavy atom. The van der Waals surface area contributed by atoms with Crippen LogP contribution in [0.25, 0.3) is 39.3 Å². The van der Waals surface area contributed by atoms with Crippen molar-refractivity contribution in [2.45, 2.75) is 63.3 Å². The van der Waals surface area contributed by atoms with Crippen molar-refractivity contribution in [2.24, 2.45) is 14.1 Å². The van der Waals surface area contributed by atoms with E-state index in [1.165, 1.54) is 36.6 Å². The first kappa shape index (κ1) is 29.4. The van der Waals surface area contributed by atoms with E-state index in [0.29, 0.717) is 22.2 Å². The number of aliphatic hydroxyl groups is 1. The number of pyridine rings is 1. The molecule has 0 radical (unpaired) electrons. The molecule has 0 aliphatic heterocycles. The van der Waals surface area contributed by atoms with Gasteiger partial charge >= 0.3 is 0 Å². The van der Waals surface area contributed by atoms with Crippen LogP contribution in [0, 0.1) is 0 Å². The van der Waals surface area contributed by atoms with Crippen LogP contribution in [0.3, 0.4) is 0 Å². The first-order valence-electron chi connectivity index (χ1n) is 15.8. The smallest absolute Gasteiger partial charge is 0.252 e. The molecule has 0 atom stereocenters. The number of allylic oxidation sites excluding steroid dienone is 1. The molecule has 2 N–H and O–H groups in total. The average molecular weight is 620 g/mol. The second kappa shape index (κ2) is 11.2. The van der Waals surface area contributed by atoms with Gasteiger partial charge in [0.1, 0.15) is 16.7 Å². The van der Waals surface area contributed by atoms with Gasteiger partial charge in [0.05, 0.1) is 22.3 Å². The van der Waals surface area contributed by atoms with E-state index in [0.717, 1.165) is 58.5 Å². The van der Waals surface area contributed by atoms with Gasteiger partial charge in [0.15, 0.2) is 0 Å². The van der Waals surface area contributed by atoms with Gasteiger partial charge < -0.3 is 19.6 Å². The number of fused-ring (bicyclic) bond motifs is 2. The molecule has 2 saturated carbocycles. The summed E-state index contributed by atoms with van der Waals surface area (Å²) in [5.41, 5.74) is 8.21.